The van der Waals surface area contributed by atoms with Crippen molar-refractivity contribution in [3.63, 3.8) is 0 Å². The molecule has 0 amide bonds. The second kappa shape index (κ2) is 16.7. The Morgan fingerprint density at radius 2 is 1.68 bits per heavy atom. The van der Waals surface area contributed by atoms with Crippen LogP contribution in [0.5, 0.6) is 0 Å². The molecule has 1 fully saturated rings. The molecule has 1 aliphatic heterocycles. The lowest BCUT2D eigenvalue weighted by molar-refractivity contribution is 0.0256. The highest BCUT2D eigenvalue weighted by molar-refractivity contribution is 7.53. The number of unbranched alkanes of at least 4 members (excludes halogenated alkanes) is 12. The maximum Gasteiger partial charge on any atom is 0.404 e. The highest BCUT2D eigenvalue weighted by Gasteiger charge is 2.37. The summed E-state index contributed by atoms with van der Waals surface area (Å²) in [6.45, 7) is 6.92. The molecule has 2 atom stereocenters. The zero-order chi connectivity index (χ0) is 27.1. The monoisotopic (exact) mass is 547 g/mol. The number of hydrogen-bond donors (Lipinski definition) is 1. The van der Waals surface area contributed by atoms with Crippen molar-refractivity contribution >= 4 is 24.6 Å². The van der Waals surface area contributed by atoms with Gasteiger partial charge >= 0.3 is 7.60 Å². The van der Waals surface area contributed by atoms with Crippen molar-refractivity contribution < 1.29 is 18.3 Å². The number of nitrogen functional groups attached to an aromatic ring is 1. The highest BCUT2D eigenvalue weighted by atomic mass is 31.2. The van der Waals surface area contributed by atoms with Crippen molar-refractivity contribution in [2.45, 2.75) is 109 Å². The zero-order valence-corrected chi connectivity index (χ0v) is 24.0. The third-order valence-corrected chi connectivity index (χ3v) is 8.34. The van der Waals surface area contributed by atoms with Crippen LogP contribution in [0.2, 0.25) is 0 Å². The molecule has 0 aliphatic carbocycles. The molecule has 1 saturated heterocycles. The summed E-state index contributed by atoms with van der Waals surface area (Å²) < 4.78 is 31.7. The van der Waals surface area contributed by atoms with E-state index in [1.54, 1.807) is 10.9 Å². The normalized spacial score (nSPS) is 19.9. The fraction of sp³-hybridized carbons (Fsp3) is 0.679. The molecule has 0 radical (unpaired) electrons. The van der Waals surface area contributed by atoms with Crippen LogP contribution < -0.4 is 5.73 Å². The molecule has 2 aromatic heterocycles. The van der Waals surface area contributed by atoms with E-state index >= 15 is 0 Å². The van der Waals surface area contributed by atoms with Gasteiger partial charge in [-0.25, -0.2) is 19.5 Å². The molecule has 2 aromatic rings. The number of aromatic nitrogens is 4. The van der Waals surface area contributed by atoms with Crippen molar-refractivity contribution in [3.05, 3.63) is 37.1 Å². The van der Waals surface area contributed by atoms with Crippen molar-refractivity contribution in [1.82, 2.24) is 19.5 Å². The molecule has 212 valence electrons. The molecule has 38 heavy (non-hydrogen) atoms. The fourth-order valence-corrected chi connectivity index (χ4v) is 5.94. The first kappa shape index (κ1) is 30.3. The van der Waals surface area contributed by atoms with Gasteiger partial charge < -0.3 is 19.6 Å². The predicted octanol–water partition coefficient (Wildman–Crippen LogP) is 7.54. The largest absolute Gasteiger partial charge is 0.425 e. The SMILES string of the molecule is C=C1OP(=O)(OCCCCCCCC/C=C\CCCCCCCC)COC1Cn1cnc2c(N)ncnc21. The Labute approximate surface area is 227 Å². The number of fused-ring (bicyclic) bond motifs is 1. The van der Waals surface area contributed by atoms with Crippen molar-refractivity contribution in [1.29, 1.82) is 0 Å². The van der Waals surface area contributed by atoms with Crippen LogP contribution in [0.4, 0.5) is 5.82 Å². The number of ether oxygens (including phenoxy) is 1. The summed E-state index contributed by atoms with van der Waals surface area (Å²) in [5.41, 5.74) is 6.97. The van der Waals surface area contributed by atoms with E-state index in [4.69, 9.17) is 19.5 Å². The zero-order valence-electron chi connectivity index (χ0n) is 23.1. The molecule has 9 nitrogen and oxygen atoms in total. The van der Waals surface area contributed by atoms with Gasteiger partial charge in [-0.1, -0.05) is 83.4 Å². The molecular weight excluding hydrogens is 501 g/mol. The van der Waals surface area contributed by atoms with Crippen molar-refractivity contribution in [2.75, 3.05) is 18.7 Å². The summed E-state index contributed by atoms with van der Waals surface area (Å²) in [5, 5.41) is 0. The van der Waals surface area contributed by atoms with Gasteiger partial charge in [-0.15, -0.1) is 0 Å². The van der Waals surface area contributed by atoms with Gasteiger partial charge in [0, 0.05) is 0 Å². The molecule has 3 rings (SSSR count). The summed E-state index contributed by atoms with van der Waals surface area (Å²) in [4.78, 5) is 12.4. The molecule has 0 bridgehead atoms. The van der Waals surface area contributed by atoms with Gasteiger partial charge in [0.05, 0.1) is 19.5 Å². The molecule has 1 aliphatic rings. The molecule has 3 heterocycles. The molecular formula is C28H46N5O4P. The number of anilines is 1. The molecule has 0 saturated carbocycles. The molecule has 2 N–H and O–H groups in total. The maximum absolute atomic E-state index is 12.9. The summed E-state index contributed by atoms with van der Waals surface area (Å²) >= 11 is 0. The quantitative estimate of drug-likeness (QED) is 0.109. The van der Waals surface area contributed by atoms with Crippen LogP contribution in [-0.4, -0.2) is 38.6 Å². The van der Waals surface area contributed by atoms with Gasteiger partial charge in [-0.3, -0.25) is 4.52 Å². The minimum Gasteiger partial charge on any atom is -0.425 e. The average Bonchev–Trinajstić information content (AvgIpc) is 3.32. The van der Waals surface area contributed by atoms with Gasteiger partial charge in [-0.05, 0) is 32.1 Å². The van der Waals surface area contributed by atoms with E-state index < -0.39 is 13.7 Å². The van der Waals surface area contributed by atoms with Crippen LogP contribution in [0.1, 0.15) is 96.8 Å². The Kier molecular flexibility index (Phi) is 13.3. The van der Waals surface area contributed by atoms with Gasteiger partial charge in [0.15, 0.2) is 17.8 Å². The third-order valence-electron chi connectivity index (χ3n) is 6.79. The summed E-state index contributed by atoms with van der Waals surface area (Å²) in [6, 6.07) is 0. The number of nitrogens with two attached hydrogens (primary N) is 1. The van der Waals surface area contributed by atoms with Gasteiger partial charge in [0.25, 0.3) is 0 Å². The lowest BCUT2D eigenvalue weighted by atomic mass is 10.1. The number of nitrogens with zero attached hydrogens (tertiary/aromatic N) is 4. The number of imidazole rings is 1. The average molecular weight is 548 g/mol. The highest BCUT2D eigenvalue weighted by Crippen LogP contribution is 2.54. The smallest absolute Gasteiger partial charge is 0.404 e. The van der Waals surface area contributed by atoms with Crippen LogP contribution in [-0.2, 0) is 24.9 Å². The lowest BCUT2D eigenvalue weighted by Crippen LogP contribution is -2.28. The Balaban J connectivity index is 1.20. The van der Waals surface area contributed by atoms with E-state index in [-0.39, 0.29) is 12.1 Å². The topological polar surface area (TPSA) is 114 Å². The van der Waals surface area contributed by atoms with Gasteiger partial charge in [0.2, 0.25) is 0 Å². The Hall–Kier alpha value is -2.22. The number of rotatable bonds is 19. The van der Waals surface area contributed by atoms with Crippen LogP contribution in [0.15, 0.2) is 37.1 Å². The molecule has 0 aromatic carbocycles. The van der Waals surface area contributed by atoms with Crippen molar-refractivity contribution in [3.8, 4) is 0 Å². The van der Waals surface area contributed by atoms with E-state index in [1.807, 2.05) is 0 Å². The van der Waals surface area contributed by atoms with Gasteiger partial charge in [-0.2, -0.15) is 0 Å². The Bertz CT molecular complexity index is 1060. The predicted molar refractivity (Wildman–Crippen MR) is 153 cm³/mol. The summed E-state index contributed by atoms with van der Waals surface area (Å²) in [7, 11) is -3.34. The first-order valence-corrected chi connectivity index (χ1v) is 16.0. The van der Waals surface area contributed by atoms with Crippen molar-refractivity contribution in [2.24, 2.45) is 0 Å². The minimum atomic E-state index is -3.34. The van der Waals surface area contributed by atoms with E-state index in [9.17, 15) is 4.57 Å². The van der Waals surface area contributed by atoms with E-state index in [0.29, 0.717) is 30.1 Å². The summed E-state index contributed by atoms with van der Waals surface area (Å²) in [5.74, 6) is 0.599. The number of hydrogen-bond acceptors (Lipinski definition) is 8. The standard InChI is InChI=1S/C28H46N5O4P/c1-3-4-5-6-7-8-9-10-11-12-13-14-15-16-17-18-19-36-38(34)23-35-25(24(2)37-38)20-33-22-32-26-27(29)30-21-31-28(26)33/h10-11,21-22,25H,2-9,12-20,23H2,1H3,(H2,29,30,31)/b11-10-. The molecule has 2 unspecified atom stereocenters. The molecule has 0 spiro atoms. The van der Waals surface area contributed by atoms with Crippen LogP contribution >= 0.6 is 7.60 Å². The van der Waals surface area contributed by atoms with Crippen LogP contribution in [0, 0.1) is 0 Å². The maximum atomic E-state index is 12.9. The van der Waals surface area contributed by atoms with Crippen LogP contribution in [0.3, 0.4) is 0 Å². The minimum absolute atomic E-state index is 0.104. The molecule has 10 heteroatoms. The summed E-state index contributed by atoms with van der Waals surface area (Å²) in [6.07, 6.45) is 24.5. The number of allylic oxidation sites excluding steroid dienone is 2. The second-order valence-corrected chi connectivity index (χ2v) is 12.0. The Morgan fingerprint density at radius 1 is 1.03 bits per heavy atom. The van der Waals surface area contributed by atoms with E-state index in [0.717, 1.165) is 19.3 Å². The lowest BCUT2D eigenvalue weighted by Gasteiger charge is -2.31. The first-order chi connectivity index (χ1) is 18.5. The van der Waals surface area contributed by atoms with Crippen LogP contribution in [0.25, 0.3) is 11.2 Å². The third kappa shape index (κ3) is 10.2. The van der Waals surface area contributed by atoms with E-state index in [1.165, 1.54) is 77.0 Å². The second-order valence-electron chi connectivity index (χ2n) is 10.1. The van der Waals surface area contributed by atoms with Gasteiger partial charge in [0.1, 0.15) is 23.7 Å². The Morgan fingerprint density at radius 3 is 2.37 bits per heavy atom. The fourth-order valence-electron chi connectivity index (χ4n) is 4.52. The van der Waals surface area contributed by atoms with E-state index in [2.05, 4.69) is 40.6 Å². The first-order valence-electron chi connectivity index (χ1n) is 14.3.